The van der Waals surface area contributed by atoms with Crippen molar-refractivity contribution in [2.24, 2.45) is 11.0 Å². The van der Waals surface area contributed by atoms with E-state index < -0.39 is 0 Å². The van der Waals surface area contributed by atoms with Gasteiger partial charge in [-0.25, -0.2) is 5.43 Å². The zero-order valence-corrected chi connectivity index (χ0v) is 18.9. The molecule has 1 saturated heterocycles. The lowest BCUT2D eigenvalue weighted by Gasteiger charge is -2.25. The van der Waals surface area contributed by atoms with Gasteiger partial charge in [0.25, 0.3) is 5.91 Å². The molecule has 4 rings (SSSR count). The van der Waals surface area contributed by atoms with Crippen LogP contribution < -0.4 is 5.43 Å². The van der Waals surface area contributed by atoms with E-state index in [1.165, 1.54) is 0 Å². The van der Waals surface area contributed by atoms with Gasteiger partial charge in [0.15, 0.2) is 0 Å². The van der Waals surface area contributed by atoms with Crippen molar-refractivity contribution in [3.8, 4) is 11.1 Å². The molecule has 0 aliphatic carbocycles. The van der Waals surface area contributed by atoms with Crippen LogP contribution in [0.5, 0.6) is 0 Å². The second-order valence-corrected chi connectivity index (χ2v) is 8.50. The summed E-state index contributed by atoms with van der Waals surface area (Å²) in [7, 11) is 0. The number of pyridine rings is 1. The summed E-state index contributed by atoms with van der Waals surface area (Å²) in [4.78, 5) is 45.4. The molecule has 0 bridgehead atoms. The van der Waals surface area contributed by atoms with Gasteiger partial charge in [-0.1, -0.05) is 31.2 Å². The predicted molar refractivity (Wildman–Crippen MR) is 125 cm³/mol. The molecule has 1 atom stereocenters. The number of carbonyl (C=O) groups excluding carboxylic acids is 3. The maximum atomic E-state index is 13.3. The van der Waals surface area contributed by atoms with Gasteiger partial charge >= 0.3 is 0 Å². The predicted octanol–water partition coefficient (Wildman–Crippen LogP) is 2.25. The first kappa shape index (κ1) is 22.6. The first-order valence-electron chi connectivity index (χ1n) is 11.5. The number of rotatable bonds is 6. The van der Waals surface area contributed by atoms with Gasteiger partial charge in [-0.2, -0.15) is 5.10 Å². The summed E-state index contributed by atoms with van der Waals surface area (Å²) < 4.78 is 0. The van der Waals surface area contributed by atoms with E-state index in [2.05, 4.69) is 27.6 Å². The molecular weight excluding hydrogens is 418 g/mol. The highest BCUT2D eigenvalue weighted by atomic mass is 16.2. The number of hydrogen-bond donors (Lipinski definition) is 1. The van der Waals surface area contributed by atoms with Crippen LogP contribution in [0, 0.1) is 5.92 Å². The number of carbonyl (C=O) groups is 3. The second kappa shape index (κ2) is 10.4. The minimum Gasteiger partial charge on any atom is -0.341 e. The van der Waals surface area contributed by atoms with Gasteiger partial charge in [-0.05, 0) is 41.7 Å². The van der Waals surface area contributed by atoms with Gasteiger partial charge in [-0.3, -0.25) is 19.4 Å². The Kier molecular flexibility index (Phi) is 7.12. The molecule has 3 amide bonds. The Morgan fingerprint density at radius 3 is 2.42 bits per heavy atom. The van der Waals surface area contributed by atoms with E-state index in [0.29, 0.717) is 44.7 Å². The number of hydrogen-bond acceptors (Lipinski definition) is 5. The smallest absolute Gasteiger partial charge is 0.270 e. The van der Waals surface area contributed by atoms with E-state index in [4.69, 9.17) is 0 Å². The number of amides is 3. The third-order valence-electron chi connectivity index (χ3n) is 6.12. The van der Waals surface area contributed by atoms with Crippen molar-refractivity contribution in [2.75, 3.05) is 26.2 Å². The summed E-state index contributed by atoms with van der Waals surface area (Å²) in [6.07, 6.45) is 5.54. The zero-order valence-electron chi connectivity index (χ0n) is 18.9. The van der Waals surface area contributed by atoms with Crippen LogP contribution in [0.15, 0.2) is 53.9 Å². The Hall–Kier alpha value is -3.55. The summed E-state index contributed by atoms with van der Waals surface area (Å²) in [6.45, 7) is 4.05. The zero-order chi connectivity index (χ0) is 23.2. The van der Waals surface area contributed by atoms with Crippen LogP contribution in [0.3, 0.4) is 0 Å². The van der Waals surface area contributed by atoms with Crippen LogP contribution >= 0.6 is 0 Å². The molecule has 1 aromatic carbocycles. The molecule has 0 saturated carbocycles. The Morgan fingerprint density at radius 2 is 1.76 bits per heavy atom. The van der Waals surface area contributed by atoms with Crippen LogP contribution in [0.25, 0.3) is 11.1 Å². The van der Waals surface area contributed by atoms with Gasteiger partial charge < -0.3 is 9.80 Å². The Labute approximate surface area is 193 Å². The third-order valence-corrected chi connectivity index (χ3v) is 6.12. The lowest BCUT2D eigenvalue weighted by molar-refractivity contribution is -0.134. The van der Waals surface area contributed by atoms with Gasteiger partial charge in [0.1, 0.15) is 5.71 Å². The van der Waals surface area contributed by atoms with Crippen molar-refractivity contribution in [1.29, 1.82) is 0 Å². The number of aromatic nitrogens is 1. The fourth-order valence-electron chi connectivity index (χ4n) is 4.35. The standard InChI is InChI=1S/C25H29N5O3/c1-2-13-29-14-15-30(25(33)22-7-8-23(31)28-27-22)17-21(24(29)32)16-18-3-5-19(6-4-18)20-9-11-26-12-10-20/h3-6,9-12,21H,2,7-8,13-17H2,1H3,(H,28,31)/t21-/m1/s1. The topological polar surface area (TPSA) is 95.0 Å². The van der Waals surface area contributed by atoms with Gasteiger partial charge in [-0.15, -0.1) is 0 Å². The molecule has 2 aliphatic heterocycles. The van der Waals surface area contributed by atoms with Crippen molar-refractivity contribution in [1.82, 2.24) is 20.2 Å². The molecule has 1 fully saturated rings. The van der Waals surface area contributed by atoms with E-state index >= 15 is 0 Å². The summed E-state index contributed by atoms with van der Waals surface area (Å²) >= 11 is 0. The van der Waals surface area contributed by atoms with E-state index in [1.807, 2.05) is 36.1 Å². The van der Waals surface area contributed by atoms with Crippen LogP contribution in [0.4, 0.5) is 0 Å². The second-order valence-electron chi connectivity index (χ2n) is 8.50. The minimum absolute atomic E-state index is 0.0873. The molecule has 1 aromatic heterocycles. The number of benzene rings is 1. The van der Waals surface area contributed by atoms with Crippen molar-refractivity contribution in [2.45, 2.75) is 32.6 Å². The van der Waals surface area contributed by atoms with Crippen LogP contribution in [-0.4, -0.2) is 64.4 Å². The number of hydrazone groups is 1. The molecule has 0 unspecified atom stereocenters. The molecule has 2 aliphatic rings. The van der Waals surface area contributed by atoms with E-state index in [1.54, 1.807) is 17.3 Å². The Morgan fingerprint density at radius 1 is 1.03 bits per heavy atom. The molecule has 2 aromatic rings. The number of nitrogens with zero attached hydrogens (tertiary/aromatic N) is 4. The van der Waals surface area contributed by atoms with E-state index in [-0.39, 0.29) is 30.1 Å². The average Bonchev–Trinajstić information content (AvgIpc) is 3.00. The maximum Gasteiger partial charge on any atom is 0.270 e. The highest BCUT2D eigenvalue weighted by molar-refractivity contribution is 6.39. The molecular formula is C25H29N5O3. The molecule has 0 radical (unpaired) electrons. The largest absolute Gasteiger partial charge is 0.341 e. The Bertz CT molecular complexity index is 1040. The van der Waals surface area contributed by atoms with Crippen LogP contribution in [0.2, 0.25) is 0 Å². The molecule has 172 valence electrons. The first-order valence-corrected chi connectivity index (χ1v) is 11.5. The van der Waals surface area contributed by atoms with E-state index in [0.717, 1.165) is 23.1 Å². The molecule has 1 N–H and O–H groups in total. The summed E-state index contributed by atoms with van der Waals surface area (Å²) in [5.74, 6) is -0.614. The third kappa shape index (κ3) is 5.45. The van der Waals surface area contributed by atoms with Gasteiger partial charge in [0, 0.05) is 51.4 Å². The normalized spacial score (nSPS) is 19.1. The highest BCUT2D eigenvalue weighted by Gasteiger charge is 2.34. The summed E-state index contributed by atoms with van der Waals surface area (Å²) in [5.41, 5.74) is 5.99. The monoisotopic (exact) mass is 447 g/mol. The maximum absolute atomic E-state index is 13.3. The fraction of sp³-hybridized carbons (Fsp3) is 0.400. The molecule has 0 spiro atoms. The molecule has 8 heteroatoms. The first-order chi connectivity index (χ1) is 16.0. The van der Waals surface area contributed by atoms with Crippen LogP contribution in [0.1, 0.15) is 31.7 Å². The average molecular weight is 448 g/mol. The summed E-state index contributed by atoms with van der Waals surface area (Å²) in [6, 6.07) is 12.1. The summed E-state index contributed by atoms with van der Waals surface area (Å²) in [5, 5.41) is 3.96. The molecule has 8 nitrogen and oxygen atoms in total. The van der Waals surface area contributed by atoms with Gasteiger partial charge in [0.05, 0.1) is 5.92 Å². The SMILES string of the molecule is CCCN1CCN(C(=O)C2=NNC(=O)CC2)C[C@@H](Cc2ccc(-c3ccncc3)cc2)C1=O. The highest BCUT2D eigenvalue weighted by Crippen LogP contribution is 2.22. The fourth-order valence-corrected chi connectivity index (χ4v) is 4.35. The number of nitrogens with one attached hydrogen (secondary N) is 1. The lowest BCUT2D eigenvalue weighted by atomic mass is 9.95. The lowest BCUT2D eigenvalue weighted by Crippen LogP contribution is -2.43. The van der Waals surface area contributed by atoms with Crippen LogP contribution in [-0.2, 0) is 20.8 Å². The van der Waals surface area contributed by atoms with Crippen molar-refractivity contribution < 1.29 is 14.4 Å². The minimum atomic E-state index is -0.325. The molecule has 3 heterocycles. The van der Waals surface area contributed by atoms with E-state index in [9.17, 15) is 14.4 Å². The van der Waals surface area contributed by atoms with Crippen molar-refractivity contribution in [3.63, 3.8) is 0 Å². The molecule has 33 heavy (non-hydrogen) atoms. The van der Waals surface area contributed by atoms with Crippen molar-refractivity contribution in [3.05, 3.63) is 54.4 Å². The quantitative estimate of drug-likeness (QED) is 0.735. The Balaban J connectivity index is 1.51. The van der Waals surface area contributed by atoms with Crippen molar-refractivity contribution >= 4 is 23.4 Å². The van der Waals surface area contributed by atoms with Gasteiger partial charge in [0.2, 0.25) is 11.8 Å².